The van der Waals surface area contributed by atoms with Gasteiger partial charge in [0.15, 0.2) is 0 Å². The van der Waals surface area contributed by atoms with Gasteiger partial charge in [-0.2, -0.15) is 0 Å². The second-order valence-electron chi connectivity index (χ2n) is 4.07. The smallest absolute Gasteiger partial charge is 0.371 e. The van der Waals surface area contributed by atoms with E-state index in [2.05, 4.69) is 5.32 Å². The van der Waals surface area contributed by atoms with Crippen LogP contribution in [0.4, 0.5) is 5.69 Å². The molecule has 0 aliphatic rings. The standard InChI is InChI=1S/C14H13NO5/c1-9(16)15-10-2-4-11(5-3-10)19-8-12-6-7-13(20-12)14(17)18/h2-7H,8H2,1H3,(H,15,16)(H,17,18). The average molecular weight is 275 g/mol. The Labute approximate surface area is 115 Å². The molecule has 0 aliphatic heterocycles. The van der Waals surface area contributed by atoms with Crippen molar-refractivity contribution in [3.8, 4) is 5.75 Å². The van der Waals surface area contributed by atoms with E-state index in [-0.39, 0.29) is 18.3 Å². The van der Waals surface area contributed by atoms with E-state index in [0.717, 1.165) is 0 Å². The molecule has 0 aliphatic carbocycles. The highest BCUT2D eigenvalue weighted by atomic mass is 16.5. The molecule has 0 unspecified atom stereocenters. The summed E-state index contributed by atoms with van der Waals surface area (Å²) in [6, 6.07) is 9.75. The van der Waals surface area contributed by atoms with Crippen molar-refractivity contribution in [1.82, 2.24) is 0 Å². The fourth-order valence-corrected chi connectivity index (χ4v) is 1.56. The third-order valence-corrected chi connectivity index (χ3v) is 2.43. The zero-order chi connectivity index (χ0) is 14.5. The normalized spacial score (nSPS) is 10.1. The number of ether oxygens (including phenoxy) is 1. The highest BCUT2D eigenvalue weighted by Gasteiger charge is 2.09. The first-order chi connectivity index (χ1) is 9.54. The largest absolute Gasteiger partial charge is 0.486 e. The van der Waals surface area contributed by atoms with Crippen LogP contribution in [0.1, 0.15) is 23.2 Å². The van der Waals surface area contributed by atoms with E-state index < -0.39 is 5.97 Å². The Balaban J connectivity index is 1.93. The maximum atomic E-state index is 10.9. The van der Waals surface area contributed by atoms with Crippen molar-refractivity contribution in [2.75, 3.05) is 5.32 Å². The van der Waals surface area contributed by atoms with Gasteiger partial charge in [0.1, 0.15) is 18.1 Å². The SMILES string of the molecule is CC(=O)Nc1ccc(OCc2ccc(C(=O)O)o2)cc1. The fourth-order valence-electron chi connectivity index (χ4n) is 1.56. The molecular formula is C14H13NO5. The van der Waals surface area contributed by atoms with Crippen LogP contribution in [0.25, 0.3) is 0 Å². The Kier molecular flexibility index (Phi) is 4.05. The first-order valence-electron chi connectivity index (χ1n) is 5.87. The molecular weight excluding hydrogens is 262 g/mol. The second kappa shape index (κ2) is 5.92. The molecule has 2 rings (SSSR count). The molecule has 0 radical (unpaired) electrons. The van der Waals surface area contributed by atoms with Gasteiger partial charge < -0.3 is 19.6 Å². The van der Waals surface area contributed by atoms with Gasteiger partial charge in [0.25, 0.3) is 0 Å². The van der Waals surface area contributed by atoms with Crippen LogP contribution in [0.15, 0.2) is 40.8 Å². The van der Waals surface area contributed by atoms with Crippen LogP contribution in [0.3, 0.4) is 0 Å². The zero-order valence-electron chi connectivity index (χ0n) is 10.8. The first-order valence-corrected chi connectivity index (χ1v) is 5.87. The van der Waals surface area contributed by atoms with Gasteiger partial charge in [0, 0.05) is 12.6 Å². The van der Waals surface area contributed by atoms with Crippen LogP contribution >= 0.6 is 0 Å². The van der Waals surface area contributed by atoms with Gasteiger partial charge in [0.2, 0.25) is 11.7 Å². The third kappa shape index (κ3) is 3.61. The first kappa shape index (κ1) is 13.7. The lowest BCUT2D eigenvalue weighted by Crippen LogP contribution is -2.05. The monoisotopic (exact) mass is 275 g/mol. The van der Waals surface area contributed by atoms with E-state index in [1.807, 2.05) is 0 Å². The number of nitrogens with one attached hydrogen (secondary N) is 1. The minimum Gasteiger partial charge on any atom is -0.486 e. The third-order valence-electron chi connectivity index (χ3n) is 2.43. The highest BCUT2D eigenvalue weighted by Crippen LogP contribution is 2.17. The van der Waals surface area contributed by atoms with Crippen molar-refractivity contribution in [3.63, 3.8) is 0 Å². The Morgan fingerprint density at radius 3 is 2.45 bits per heavy atom. The molecule has 104 valence electrons. The summed E-state index contributed by atoms with van der Waals surface area (Å²) in [5.74, 6) is -0.364. The summed E-state index contributed by atoms with van der Waals surface area (Å²) in [5, 5.41) is 11.4. The van der Waals surface area contributed by atoms with E-state index >= 15 is 0 Å². The van der Waals surface area contributed by atoms with Crippen LogP contribution in [0.5, 0.6) is 5.75 Å². The lowest BCUT2D eigenvalue weighted by atomic mass is 10.3. The van der Waals surface area contributed by atoms with E-state index in [0.29, 0.717) is 17.2 Å². The number of carbonyl (C=O) groups excluding carboxylic acids is 1. The lowest BCUT2D eigenvalue weighted by Gasteiger charge is -2.06. The number of hydrogen-bond acceptors (Lipinski definition) is 4. The van der Waals surface area contributed by atoms with Gasteiger partial charge in [-0.1, -0.05) is 0 Å². The van der Waals surface area contributed by atoms with Gasteiger partial charge in [-0.25, -0.2) is 4.79 Å². The molecule has 6 nitrogen and oxygen atoms in total. The molecule has 0 bridgehead atoms. The van der Waals surface area contributed by atoms with E-state index in [1.165, 1.54) is 13.0 Å². The quantitative estimate of drug-likeness (QED) is 0.875. The zero-order valence-corrected chi connectivity index (χ0v) is 10.8. The van der Waals surface area contributed by atoms with Gasteiger partial charge in [0.05, 0.1) is 0 Å². The Bertz CT molecular complexity index is 615. The summed E-state index contributed by atoms with van der Waals surface area (Å²) in [5.41, 5.74) is 0.677. The number of aromatic carboxylic acids is 1. The van der Waals surface area contributed by atoms with Gasteiger partial charge in [-0.05, 0) is 36.4 Å². The minimum absolute atomic E-state index is 0.121. The van der Waals surface area contributed by atoms with Crippen LogP contribution in [-0.2, 0) is 11.4 Å². The highest BCUT2D eigenvalue weighted by molar-refractivity contribution is 5.88. The number of benzene rings is 1. The summed E-state index contributed by atoms with van der Waals surface area (Å²) in [7, 11) is 0. The maximum absolute atomic E-state index is 10.9. The number of furan rings is 1. The molecule has 2 N–H and O–H groups in total. The number of rotatable bonds is 5. The Morgan fingerprint density at radius 2 is 1.90 bits per heavy atom. The number of carboxylic acids is 1. The van der Waals surface area contributed by atoms with Crippen LogP contribution in [0, 0.1) is 0 Å². The molecule has 0 spiro atoms. The van der Waals surface area contributed by atoms with Gasteiger partial charge >= 0.3 is 5.97 Å². The molecule has 1 aromatic carbocycles. The van der Waals surface area contributed by atoms with Gasteiger partial charge in [-0.3, -0.25) is 4.79 Å². The molecule has 0 atom stereocenters. The number of carboxylic acid groups (broad SMARTS) is 1. The van der Waals surface area contributed by atoms with Crippen molar-refractivity contribution >= 4 is 17.6 Å². The molecule has 0 fully saturated rings. The van der Waals surface area contributed by atoms with Crippen molar-refractivity contribution in [3.05, 3.63) is 47.9 Å². The molecule has 2 aromatic rings. The van der Waals surface area contributed by atoms with Crippen LogP contribution in [0.2, 0.25) is 0 Å². The van der Waals surface area contributed by atoms with Crippen molar-refractivity contribution in [2.45, 2.75) is 13.5 Å². The van der Waals surface area contributed by atoms with E-state index in [1.54, 1.807) is 30.3 Å². The molecule has 6 heteroatoms. The summed E-state index contributed by atoms with van der Waals surface area (Å²) >= 11 is 0. The predicted octanol–water partition coefficient (Wildman–Crippen LogP) is 2.52. The van der Waals surface area contributed by atoms with Crippen molar-refractivity contribution in [1.29, 1.82) is 0 Å². The molecule has 20 heavy (non-hydrogen) atoms. The minimum atomic E-state index is -1.11. The van der Waals surface area contributed by atoms with Gasteiger partial charge in [-0.15, -0.1) is 0 Å². The second-order valence-corrected chi connectivity index (χ2v) is 4.07. The Morgan fingerprint density at radius 1 is 1.20 bits per heavy atom. The van der Waals surface area contributed by atoms with Crippen LogP contribution in [-0.4, -0.2) is 17.0 Å². The number of amides is 1. The summed E-state index contributed by atoms with van der Waals surface area (Å²) in [4.78, 5) is 21.5. The lowest BCUT2D eigenvalue weighted by molar-refractivity contribution is -0.114. The van der Waals surface area contributed by atoms with Crippen molar-refractivity contribution < 1.29 is 23.8 Å². The van der Waals surface area contributed by atoms with E-state index in [9.17, 15) is 9.59 Å². The number of anilines is 1. The molecule has 1 aromatic heterocycles. The number of hydrogen-bond donors (Lipinski definition) is 2. The molecule has 0 saturated carbocycles. The average Bonchev–Trinajstić information content (AvgIpc) is 2.86. The van der Waals surface area contributed by atoms with Crippen molar-refractivity contribution in [2.24, 2.45) is 0 Å². The van der Waals surface area contributed by atoms with Crippen LogP contribution < -0.4 is 10.1 Å². The molecule has 1 amide bonds. The molecule has 0 saturated heterocycles. The fraction of sp³-hybridized carbons (Fsp3) is 0.143. The summed E-state index contributed by atoms with van der Waals surface area (Å²) < 4.78 is 10.5. The predicted molar refractivity (Wildman–Crippen MR) is 70.7 cm³/mol. The Hall–Kier alpha value is -2.76. The summed E-state index contributed by atoms with van der Waals surface area (Å²) in [6.07, 6.45) is 0. The number of carbonyl (C=O) groups is 2. The topological polar surface area (TPSA) is 88.8 Å². The summed E-state index contributed by atoms with van der Waals surface area (Å²) in [6.45, 7) is 1.56. The molecule has 1 heterocycles. The maximum Gasteiger partial charge on any atom is 0.371 e. The van der Waals surface area contributed by atoms with E-state index in [4.69, 9.17) is 14.3 Å².